The van der Waals surface area contributed by atoms with Crippen molar-refractivity contribution in [3.63, 3.8) is 0 Å². The number of rotatable bonds is 6. The van der Waals surface area contributed by atoms with E-state index in [2.05, 4.69) is 5.32 Å². The molecule has 0 heterocycles. The molecule has 0 radical (unpaired) electrons. The number of hydrogen-bond acceptors (Lipinski definition) is 4. The fraction of sp³-hybridized carbons (Fsp3) is 0.333. The minimum absolute atomic E-state index is 0.243. The molecule has 5 nitrogen and oxygen atoms in total. The molecule has 0 aromatic heterocycles. The van der Waals surface area contributed by atoms with E-state index in [4.69, 9.17) is 9.47 Å². The first-order chi connectivity index (χ1) is 8.22. The summed E-state index contributed by atoms with van der Waals surface area (Å²) in [6.07, 6.45) is 1.06. The van der Waals surface area contributed by atoms with Crippen molar-refractivity contribution in [3.8, 4) is 11.5 Å². The molecule has 0 aliphatic rings. The maximum Gasteiger partial charge on any atom is 0.251 e. The van der Waals surface area contributed by atoms with Gasteiger partial charge in [-0.2, -0.15) is 0 Å². The van der Waals surface area contributed by atoms with E-state index < -0.39 is 0 Å². The van der Waals surface area contributed by atoms with E-state index in [1.54, 1.807) is 18.2 Å². The molecule has 1 aromatic rings. The van der Waals surface area contributed by atoms with Gasteiger partial charge in [0.05, 0.1) is 14.2 Å². The van der Waals surface area contributed by atoms with Gasteiger partial charge in [-0.1, -0.05) is 0 Å². The summed E-state index contributed by atoms with van der Waals surface area (Å²) in [4.78, 5) is 21.8. The topological polar surface area (TPSA) is 64.6 Å². The zero-order valence-corrected chi connectivity index (χ0v) is 9.86. The lowest BCUT2D eigenvalue weighted by Crippen LogP contribution is -2.24. The third-order valence-electron chi connectivity index (χ3n) is 2.19. The van der Waals surface area contributed by atoms with Gasteiger partial charge in [0.25, 0.3) is 5.91 Å². The molecule has 92 valence electrons. The van der Waals surface area contributed by atoms with Gasteiger partial charge in [0.15, 0.2) is 11.5 Å². The molecule has 0 fully saturated rings. The molecular formula is C12H15NO4. The monoisotopic (exact) mass is 237 g/mol. The van der Waals surface area contributed by atoms with Gasteiger partial charge in [-0.15, -0.1) is 0 Å². The molecule has 17 heavy (non-hydrogen) atoms. The van der Waals surface area contributed by atoms with E-state index in [1.165, 1.54) is 14.2 Å². The lowest BCUT2D eigenvalue weighted by molar-refractivity contribution is -0.107. The average Bonchev–Trinajstić information content (AvgIpc) is 2.38. The Labute approximate surface area is 99.7 Å². The summed E-state index contributed by atoms with van der Waals surface area (Å²) in [5.41, 5.74) is 0.466. The smallest absolute Gasteiger partial charge is 0.251 e. The van der Waals surface area contributed by atoms with Crippen LogP contribution in [0.2, 0.25) is 0 Å². The van der Waals surface area contributed by atoms with Gasteiger partial charge in [0.2, 0.25) is 0 Å². The molecule has 0 bridgehead atoms. The van der Waals surface area contributed by atoms with Crippen molar-refractivity contribution in [2.75, 3.05) is 20.8 Å². The number of carbonyl (C=O) groups excluding carboxylic acids is 2. The normalized spacial score (nSPS) is 9.53. The standard InChI is InChI=1S/C12H15NO4/c1-16-10-5-4-9(8-11(10)17-2)12(15)13-6-3-7-14/h4-5,7-8H,3,6H2,1-2H3,(H,13,15). The maximum absolute atomic E-state index is 11.7. The van der Waals surface area contributed by atoms with Crippen LogP contribution >= 0.6 is 0 Å². The molecule has 0 saturated heterocycles. The summed E-state index contributed by atoms with van der Waals surface area (Å²) in [5.74, 6) is 0.820. The van der Waals surface area contributed by atoms with Crippen LogP contribution in [0.3, 0.4) is 0 Å². The number of methoxy groups -OCH3 is 2. The van der Waals surface area contributed by atoms with Crippen LogP contribution in [0.15, 0.2) is 18.2 Å². The number of nitrogens with one attached hydrogen (secondary N) is 1. The van der Waals surface area contributed by atoms with Crippen molar-refractivity contribution in [2.24, 2.45) is 0 Å². The second-order valence-electron chi connectivity index (χ2n) is 3.28. The molecule has 1 rings (SSSR count). The van der Waals surface area contributed by atoms with Crippen LogP contribution in [0.4, 0.5) is 0 Å². The summed E-state index contributed by atoms with van der Waals surface area (Å²) in [6.45, 7) is 0.330. The molecule has 0 atom stereocenters. The molecule has 0 unspecified atom stereocenters. The van der Waals surface area contributed by atoms with Crippen molar-refractivity contribution in [3.05, 3.63) is 23.8 Å². The highest BCUT2D eigenvalue weighted by atomic mass is 16.5. The number of aldehydes is 1. The predicted molar refractivity (Wildman–Crippen MR) is 62.6 cm³/mol. The lowest BCUT2D eigenvalue weighted by atomic mass is 10.2. The number of ether oxygens (including phenoxy) is 2. The summed E-state index contributed by atoms with van der Waals surface area (Å²) in [5, 5.41) is 2.62. The Bertz CT molecular complexity index is 403. The van der Waals surface area contributed by atoms with Crippen molar-refractivity contribution in [1.82, 2.24) is 5.32 Å². The van der Waals surface area contributed by atoms with E-state index in [0.29, 0.717) is 30.0 Å². The number of amides is 1. The van der Waals surface area contributed by atoms with Gasteiger partial charge < -0.3 is 19.6 Å². The minimum atomic E-state index is -0.243. The first-order valence-corrected chi connectivity index (χ1v) is 5.16. The lowest BCUT2D eigenvalue weighted by Gasteiger charge is -2.09. The average molecular weight is 237 g/mol. The molecule has 0 saturated carbocycles. The van der Waals surface area contributed by atoms with Crippen LogP contribution < -0.4 is 14.8 Å². The van der Waals surface area contributed by atoms with Crippen LogP contribution in [-0.2, 0) is 4.79 Å². The molecule has 0 aliphatic heterocycles. The zero-order valence-electron chi connectivity index (χ0n) is 9.86. The molecule has 1 aromatic carbocycles. The van der Waals surface area contributed by atoms with Crippen LogP contribution in [-0.4, -0.2) is 33.0 Å². The highest BCUT2D eigenvalue weighted by molar-refractivity contribution is 5.94. The number of carbonyl (C=O) groups is 2. The highest BCUT2D eigenvalue weighted by Gasteiger charge is 2.09. The minimum Gasteiger partial charge on any atom is -0.493 e. The molecule has 1 amide bonds. The summed E-state index contributed by atoms with van der Waals surface area (Å²) in [7, 11) is 3.04. The molecule has 0 aliphatic carbocycles. The van der Waals surface area contributed by atoms with Crippen LogP contribution in [0, 0.1) is 0 Å². The Morgan fingerprint density at radius 1 is 1.29 bits per heavy atom. The molecule has 1 N–H and O–H groups in total. The van der Waals surface area contributed by atoms with Gasteiger partial charge in [0.1, 0.15) is 6.29 Å². The van der Waals surface area contributed by atoms with E-state index in [0.717, 1.165) is 6.29 Å². The van der Waals surface area contributed by atoms with E-state index in [1.807, 2.05) is 0 Å². The van der Waals surface area contributed by atoms with Crippen molar-refractivity contribution >= 4 is 12.2 Å². The van der Waals surface area contributed by atoms with Crippen LogP contribution in [0.25, 0.3) is 0 Å². The summed E-state index contributed by atoms with van der Waals surface area (Å²) < 4.78 is 10.2. The largest absolute Gasteiger partial charge is 0.493 e. The maximum atomic E-state index is 11.7. The van der Waals surface area contributed by atoms with Crippen LogP contribution in [0.1, 0.15) is 16.8 Å². The van der Waals surface area contributed by atoms with Crippen molar-refractivity contribution < 1.29 is 19.1 Å². The Hall–Kier alpha value is -2.04. The number of hydrogen-bond donors (Lipinski definition) is 1. The van der Waals surface area contributed by atoms with E-state index in [9.17, 15) is 9.59 Å². The number of benzene rings is 1. The Balaban J connectivity index is 2.77. The quantitative estimate of drug-likeness (QED) is 0.592. The molecule has 0 spiro atoms. The second-order valence-corrected chi connectivity index (χ2v) is 3.28. The van der Waals surface area contributed by atoms with E-state index in [-0.39, 0.29) is 5.91 Å². The van der Waals surface area contributed by atoms with Gasteiger partial charge in [0, 0.05) is 18.5 Å². The van der Waals surface area contributed by atoms with Gasteiger partial charge >= 0.3 is 0 Å². The third-order valence-corrected chi connectivity index (χ3v) is 2.19. The van der Waals surface area contributed by atoms with Gasteiger partial charge in [-0.3, -0.25) is 4.79 Å². The van der Waals surface area contributed by atoms with Gasteiger partial charge in [-0.25, -0.2) is 0 Å². The summed E-state index contributed by atoms with van der Waals surface area (Å²) in [6, 6.07) is 4.89. The SMILES string of the molecule is COc1ccc(C(=O)NCCC=O)cc1OC. The van der Waals surface area contributed by atoms with E-state index >= 15 is 0 Å². The first kappa shape index (κ1) is 13.0. The molecular weight excluding hydrogens is 222 g/mol. The highest BCUT2D eigenvalue weighted by Crippen LogP contribution is 2.27. The Kier molecular flexibility index (Phi) is 5.00. The molecule has 5 heteroatoms. The van der Waals surface area contributed by atoms with Crippen molar-refractivity contribution in [1.29, 1.82) is 0 Å². The summed E-state index contributed by atoms with van der Waals surface area (Å²) >= 11 is 0. The fourth-order valence-electron chi connectivity index (χ4n) is 1.32. The predicted octanol–water partition coefficient (Wildman–Crippen LogP) is 1.02. The third kappa shape index (κ3) is 3.48. The van der Waals surface area contributed by atoms with Gasteiger partial charge in [-0.05, 0) is 18.2 Å². The van der Waals surface area contributed by atoms with Crippen LogP contribution in [0.5, 0.6) is 11.5 Å². The zero-order chi connectivity index (χ0) is 12.7. The van der Waals surface area contributed by atoms with Crippen molar-refractivity contribution in [2.45, 2.75) is 6.42 Å². The Morgan fingerprint density at radius 3 is 2.59 bits per heavy atom. The second kappa shape index (κ2) is 6.52. The Morgan fingerprint density at radius 2 is 2.00 bits per heavy atom. The first-order valence-electron chi connectivity index (χ1n) is 5.16. The fourth-order valence-corrected chi connectivity index (χ4v) is 1.32.